The van der Waals surface area contributed by atoms with Gasteiger partial charge in [0.15, 0.2) is 0 Å². The Bertz CT molecular complexity index is 749. The molecule has 20 heavy (non-hydrogen) atoms. The number of fused-ring (bicyclic) bond motifs is 3. The second kappa shape index (κ2) is 5.21. The third-order valence-corrected chi connectivity index (χ3v) is 5.52. The van der Waals surface area contributed by atoms with E-state index in [2.05, 4.69) is 64.1 Å². The van der Waals surface area contributed by atoms with Gasteiger partial charge >= 0.3 is 0 Å². The Labute approximate surface area is 125 Å². The molecule has 0 fully saturated rings. The monoisotopic (exact) mass is 282 g/mol. The van der Waals surface area contributed by atoms with Crippen LogP contribution in [-0.4, -0.2) is 0 Å². The van der Waals surface area contributed by atoms with E-state index in [1.165, 1.54) is 37.7 Å². The first-order valence-corrected chi connectivity index (χ1v) is 8.38. The van der Waals surface area contributed by atoms with Crippen molar-refractivity contribution >= 4 is 31.5 Å². The van der Waals surface area contributed by atoms with Crippen molar-refractivity contribution in [3.05, 3.63) is 47.5 Å². The van der Waals surface area contributed by atoms with Crippen molar-refractivity contribution < 1.29 is 0 Å². The first-order valence-electron chi connectivity index (χ1n) is 7.56. The average molecular weight is 282 g/mol. The molecule has 104 valence electrons. The van der Waals surface area contributed by atoms with Crippen molar-refractivity contribution in [3.8, 4) is 0 Å². The average Bonchev–Trinajstić information content (AvgIpc) is 2.83. The summed E-state index contributed by atoms with van der Waals surface area (Å²) in [6, 6.07) is 14.0. The molecule has 0 spiro atoms. The summed E-state index contributed by atoms with van der Waals surface area (Å²) in [5.74, 6) is 1.23. The first kappa shape index (κ1) is 13.6. The molecule has 0 aliphatic rings. The van der Waals surface area contributed by atoms with Crippen LogP contribution in [0.25, 0.3) is 20.2 Å². The maximum Gasteiger partial charge on any atom is 0.0355 e. The van der Waals surface area contributed by atoms with Gasteiger partial charge in [-0.2, -0.15) is 0 Å². The zero-order valence-electron chi connectivity index (χ0n) is 12.7. The van der Waals surface area contributed by atoms with Gasteiger partial charge in [-0.1, -0.05) is 39.8 Å². The van der Waals surface area contributed by atoms with E-state index in [-0.39, 0.29) is 0 Å². The molecule has 0 aliphatic carbocycles. The van der Waals surface area contributed by atoms with Crippen LogP contribution in [0, 0.1) is 0 Å². The summed E-state index contributed by atoms with van der Waals surface area (Å²) in [7, 11) is 0. The Morgan fingerprint density at radius 2 is 1.40 bits per heavy atom. The second-order valence-corrected chi connectivity index (χ2v) is 7.16. The third-order valence-electron chi connectivity index (χ3n) is 4.37. The van der Waals surface area contributed by atoms with Crippen LogP contribution in [0.4, 0.5) is 0 Å². The van der Waals surface area contributed by atoms with Crippen LogP contribution in [0.3, 0.4) is 0 Å². The Hall–Kier alpha value is -1.34. The Balaban J connectivity index is 2.25. The third kappa shape index (κ3) is 2.25. The molecule has 0 N–H and O–H groups in total. The number of rotatable bonds is 3. The van der Waals surface area contributed by atoms with E-state index in [9.17, 15) is 0 Å². The molecule has 0 saturated heterocycles. The van der Waals surface area contributed by atoms with Crippen LogP contribution in [0.5, 0.6) is 0 Å². The highest BCUT2D eigenvalue weighted by Crippen LogP contribution is 2.37. The van der Waals surface area contributed by atoms with Gasteiger partial charge in [-0.25, -0.2) is 0 Å². The highest BCUT2D eigenvalue weighted by atomic mass is 32.1. The fourth-order valence-corrected chi connectivity index (χ4v) is 3.78. The molecule has 1 aromatic heterocycles. The van der Waals surface area contributed by atoms with E-state index in [4.69, 9.17) is 0 Å². The normalized spacial score (nSPS) is 13.4. The number of hydrogen-bond donors (Lipinski definition) is 0. The summed E-state index contributed by atoms with van der Waals surface area (Å²) < 4.78 is 2.82. The van der Waals surface area contributed by atoms with Crippen molar-refractivity contribution in [1.82, 2.24) is 0 Å². The minimum atomic E-state index is 0.590. The van der Waals surface area contributed by atoms with Gasteiger partial charge < -0.3 is 0 Å². The smallest absolute Gasteiger partial charge is 0.0355 e. The van der Waals surface area contributed by atoms with E-state index in [0.717, 1.165) is 0 Å². The first-order chi connectivity index (χ1) is 9.60. The maximum atomic E-state index is 2.41. The zero-order valence-corrected chi connectivity index (χ0v) is 13.6. The molecule has 1 heterocycles. The maximum absolute atomic E-state index is 2.41. The van der Waals surface area contributed by atoms with E-state index < -0.39 is 0 Å². The van der Waals surface area contributed by atoms with Crippen LogP contribution in [0.15, 0.2) is 36.4 Å². The van der Waals surface area contributed by atoms with E-state index in [0.29, 0.717) is 11.8 Å². The highest BCUT2D eigenvalue weighted by Gasteiger charge is 2.10. The lowest BCUT2D eigenvalue weighted by molar-refractivity contribution is 0.735. The molecule has 1 heteroatoms. The zero-order chi connectivity index (χ0) is 14.3. The molecule has 1 atom stereocenters. The van der Waals surface area contributed by atoms with E-state index in [1.54, 1.807) is 0 Å². The van der Waals surface area contributed by atoms with Crippen LogP contribution < -0.4 is 0 Å². The molecule has 0 aliphatic heterocycles. The minimum Gasteiger partial charge on any atom is -0.135 e. The fraction of sp³-hybridized carbons (Fsp3) is 0.368. The highest BCUT2D eigenvalue weighted by molar-refractivity contribution is 7.25. The summed E-state index contributed by atoms with van der Waals surface area (Å²) in [5.41, 5.74) is 2.90. The molecule has 3 rings (SSSR count). The standard InChI is InChI=1S/C19H22S/c1-5-13(4)15-7-9-19-17(11-15)16-10-14(12(2)3)6-8-18(16)20-19/h6-13H,5H2,1-4H3. The summed E-state index contributed by atoms with van der Waals surface area (Å²) in [5, 5.41) is 2.87. The molecular weight excluding hydrogens is 260 g/mol. The van der Waals surface area contributed by atoms with Gasteiger partial charge in [-0.3, -0.25) is 0 Å². The molecule has 0 amide bonds. The second-order valence-electron chi connectivity index (χ2n) is 6.08. The molecule has 0 bridgehead atoms. The van der Waals surface area contributed by atoms with Crippen LogP contribution >= 0.6 is 11.3 Å². The lowest BCUT2D eigenvalue weighted by atomic mass is 9.96. The van der Waals surface area contributed by atoms with Gasteiger partial charge in [0.05, 0.1) is 0 Å². The molecule has 3 aromatic rings. The SMILES string of the molecule is CCC(C)c1ccc2sc3ccc(C(C)C)cc3c2c1. The van der Waals surface area contributed by atoms with E-state index in [1.807, 2.05) is 11.3 Å². The van der Waals surface area contributed by atoms with Crippen molar-refractivity contribution in [1.29, 1.82) is 0 Å². The lowest BCUT2D eigenvalue weighted by Gasteiger charge is -2.09. The molecule has 0 radical (unpaired) electrons. The lowest BCUT2D eigenvalue weighted by Crippen LogP contribution is -1.90. The summed E-state index contributed by atoms with van der Waals surface area (Å²) in [4.78, 5) is 0. The fourth-order valence-electron chi connectivity index (χ4n) is 2.71. The van der Waals surface area contributed by atoms with Crippen molar-refractivity contribution in [2.45, 2.75) is 46.0 Å². The van der Waals surface area contributed by atoms with Crippen LogP contribution in [0.2, 0.25) is 0 Å². The van der Waals surface area contributed by atoms with Gasteiger partial charge in [-0.05, 0) is 53.6 Å². The summed E-state index contributed by atoms with van der Waals surface area (Å²) >= 11 is 1.91. The number of benzene rings is 2. The quantitative estimate of drug-likeness (QED) is 0.502. The largest absolute Gasteiger partial charge is 0.135 e. The van der Waals surface area contributed by atoms with Gasteiger partial charge in [0.1, 0.15) is 0 Å². The number of thiophene rings is 1. The van der Waals surface area contributed by atoms with Crippen LogP contribution in [-0.2, 0) is 0 Å². The van der Waals surface area contributed by atoms with Gasteiger partial charge in [0.2, 0.25) is 0 Å². The molecule has 0 saturated carbocycles. The molecule has 0 nitrogen and oxygen atoms in total. The minimum absolute atomic E-state index is 0.590. The van der Waals surface area contributed by atoms with E-state index >= 15 is 0 Å². The van der Waals surface area contributed by atoms with Crippen molar-refractivity contribution in [2.75, 3.05) is 0 Å². The summed E-state index contributed by atoms with van der Waals surface area (Å²) in [6.45, 7) is 9.10. The topological polar surface area (TPSA) is 0 Å². The molecule has 2 aromatic carbocycles. The Morgan fingerprint density at radius 3 is 1.95 bits per heavy atom. The van der Waals surface area contributed by atoms with Crippen LogP contribution in [0.1, 0.15) is 57.1 Å². The van der Waals surface area contributed by atoms with Gasteiger partial charge in [0, 0.05) is 20.2 Å². The van der Waals surface area contributed by atoms with Gasteiger partial charge in [-0.15, -0.1) is 11.3 Å². The molecular formula is C19H22S. The predicted molar refractivity (Wildman–Crippen MR) is 92.1 cm³/mol. The Kier molecular flexibility index (Phi) is 3.55. The van der Waals surface area contributed by atoms with Gasteiger partial charge in [0.25, 0.3) is 0 Å². The van der Waals surface area contributed by atoms with Crippen molar-refractivity contribution in [2.24, 2.45) is 0 Å². The van der Waals surface area contributed by atoms with Crippen molar-refractivity contribution in [3.63, 3.8) is 0 Å². The number of hydrogen-bond acceptors (Lipinski definition) is 1. The summed E-state index contributed by atoms with van der Waals surface area (Å²) in [6.07, 6.45) is 1.20. The Morgan fingerprint density at radius 1 is 0.850 bits per heavy atom. The predicted octanol–water partition coefficient (Wildman–Crippen LogP) is 6.69. The molecule has 1 unspecified atom stereocenters.